The Hall–Kier alpha value is -4.01. The maximum absolute atomic E-state index is 13.7. The summed E-state index contributed by atoms with van der Waals surface area (Å²) in [7, 11) is 0. The number of pyridine rings is 1. The van der Waals surface area contributed by atoms with E-state index < -0.39 is 30.2 Å². The largest absolute Gasteiger partial charge is 0.459 e. The van der Waals surface area contributed by atoms with Crippen molar-refractivity contribution in [3.05, 3.63) is 84.3 Å². The zero-order valence-electron chi connectivity index (χ0n) is 18.4. The lowest BCUT2D eigenvalue weighted by molar-refractivity contribution is -0.126. The topological polar surface area (TPSA) is 105 Å². The van der Waals surface area contributed by atoms with Crippen LogP contribution >= 0.6 is 0 Å². The van der Waals surface area contributed by atoms with Crippen LogP contribution in [0, 0.1) is 5.82 Å². The first-order valence-corrected chi connectivity index (χ1v) is 11.1. The van der Waals surface area contributed by atoms with Crippen molar-refractivity contribution in [2.24, 2.45) is 0 Å². The molecule has 0 spiro atoms. The highest BCUT2D eigenvalue weighted by atomic mass is 19.1. The molecule has 0 saturated heterocycles. The zero-order chi connectivity index (χ0) is 23.9. The summed E-state index contributed by atoms with van der Waals surface area (Å²) >= 11 is 0. The van der Waals surface area contributed by atoms with E-state index in [1.54, 1.807) is 24.4 Å². The monoisotopic (exact) mass is 464 g/mol. The number of rotatable bonds is 8. The normalized spacial score (nSPS) is 14.4. The third-order valence-electron chi connectivity index (χ3n) is 5.73. The highest BCUT2D eigenvalue weighted by Gasteiger charge is 2.34. The number of nitrogens with zero attached hydrogens (tertiary/aromatic N) is 2. The van der Waals surface area contributed by atoms with Gasteiger partial charge in [-0.25, -0.2) is 4.39 Å². The standard InChI is InChI=1S/C25H25FN4O4/c26-18-9-11-20(12-10-18)30(22(31)16-28-24(32)21-8-4-14-34-21)23(17-5-3-13-27-15-17)25(33)29-19-6-1-2-7-19/h3-5,8-15,19,23H,1-2,6-7,16H2,(H,28,32)(H,29,33)/t23-/m1/s1. The van der Waals surface area contributed by atoms with E-state index >= 15 is 0 Å². The molecule has 1 saturated carbocycles. The van der Waals surface area contributed by atoms with Gasteiger partial charge in [0.25, 0.3) is 5.91 Å². The summed E-state index contributed by atoms with van der Waals surface area (Å²) in [5, 5.41) is 5.56. The van der Waals surface area contributed by atoms with Gasteiger partial charge in [0.1, 0.15) is 11.9 Å². The van der Waals surface area contributed by atoms with Crippen molar-refractivity contribution in [1.29, 1.82) is 0 Å². The van der Waals surface area contributed by atoms with Crippen LogP contribution in [-0.2, 0) is 9.59 Å². The SMILES string of the molecule is O=C(NCC(=O)N(c1ccc(F)cc1)[C@@H](C(=O)NC1CCCC1)c1cccnc1)c1ccco1. The quantitative estimate of drug-likeness (QED) is 0.532. The van der Waals surface area contributed by atoms with Crippen LogP contribution in [0.1, 0.15) is 47.8 Å². The van der Waals surface area contributed by atoms with Crippen LogP contribution in [0.5, 0.6) is 0 Å². The second-order valence-corrected chi connectivity index (χ2v) is 8.08. The van der Waals surface area contributed by atoms with Crippen LogP contribution in [0.25, 0.3) is 0 Å². The number of hydrogen-bond donors (Lipinski definition) is 2. The van der Waals surface area contributed by atoms with E-state index in [9.17, 15) is 18.8 Å². The molecule has 176 valence electrons. The molecule has 2 N–H and O–H groups in total. The molecule has 2 heterocycles. The molecule has 1 fully saturated rings. The molecule has 1 aliphatic rings. The van der Waals surface area contributed by atoms with E-state index in [4.69, 9.17) is 4.42 Å². The summed E-state index contributed by atoms with van der Waals surface area (Å²) in [6.07, 6.45) is 8.24. The minimum atomic E-state index is -1.06. The molecule has 3 aromatic rings. The number of carbonyl (C=O) groups excluding carboxylic acids is 3. The van der Waals surface area contributed by atoms with Crippen LogP contribution in [0.2, 0.25) is 0 Å². The Balaban J connectivity index is 1.65. The van der Waals surface area contributed by atoms with Crippen molar-refractivity contribution in [1.82, 2.24) is 15.6 Å². The van der Waals surface area contributed by atoms with Gasteiger partial charge in [0.2, 0.25) is 11.8 Å². The fraction of sp³-hybridized carbons (Fsp3) is 0.280. The van der Waals surface area contributed by atoms with Gasteiger partial charge in [-0.3, -0.25) is 24.3 Å². The predicted octanol–water partition coefficient (Wildman–Crippen LogP) is 3.38. The third kappa shape index (κ3) is 5.48. The van der Waals surface area contributed by atoms with Gasteiger partial charge in [-0.2, -0.15) is 0 Å². The molecular weight excluding hydrogens is 439 g/mol. The van der Waals surface area contributed by atoms with Gasteiger partial charge in [-0.05, 0) is 55.3 Å². The number of amides is 3. The molecule has 1 aromatic carbocycles. The Morgan fingerprint density at radius 1 is 1.09 bits per heavy atom. The van der Waals surface area contributed by atoms with E-state index in [1.165, 1.54) is 47.7 Å². The molecule has 0 bridgehead atoms. The number of carbonyl (C=O) groups is 3. The van der Waals surface area contributed by atoms with Gasteiger partial charge in [-0.1, -0.05) is 18.9 Å². The third-order valence-corrected chi connectivity index (χ3v) is 5.73. The van der Waals surface area contributed by atoms with Gasteiger partial charge in [0, 0.05) is 29.7 Å². The highest BCUT2D eigenvalue weighted by molar-refractivity contribution is 6.04. The molecule has 0 unspecified atom stereocenters. The maximum atomic E-state index is 13.7. The van der Waals surface area contributed by atoms with Crippen molar-refractivity contribution in [2.45, 2.75) is 37.8 Å². The molecule has 0 aliphatic heterocycles. The summed E-state index contributed by atoms with van der Waals surface area (Å²) in [5.74, 6) is -1.90. The lowest BCUT2D eigenvalue weighted by Crippen LogP contribution is -2.49. The number of aromatic nitrogens is 1. The van der Waals surface area contributed by atoms with Gasteiger partial charge in [0.05, 0.1) is 12.8 Å². The van der Waals surface area contributed by atoms with Crippen molar-refractivity contribution in [3.63, 3.8) is 0 Å². The summed E-state index contributed by atoms with van der Waals surface area (Å²) < 4.78 is 18.7. The van der Waals surface area contributed by atoms with Crippen LogP contribution in [0.15, 0.2) is 71.6 Å². The number of benzene rings is 1. The summed E-state index contributed by atoms with van der Waals surface area (Å²) in [6.45, 7) is -0.398. The number of nitrogens with one attached hydrogen (secondary N) is 2. The van der Waals surface area contributed by atoms with Gasteiger partial charge < -0.3 is 15.1 Å². The molecule has 0 radical (unpaired) electrons. The Labute approximate surface area is 196 Å². The number of anilines is 1. The van der Waals surface area contributed by atoms with E-state index in [2.05, 4.69) is 15.6 Å². The minimum Gasteiger partial charge on any atom is -0.459 e. The van der Waals surface area contributed by atoms with Crippen molar-refractivity contribution in [2.75, 3.05) is 11.4 Å². The average Bonchev–Trinajstić information content (AvgIpc) is 3.57. The second-order valence-electron chi connectivity index (χ2n) is 8.08. The number of hydrogen-bond acceptors (Lipinski definition) is 5. The fourth-order valence-corrected chi connectivity index (χ4v) is 4.08. The second kappa shape index (κ2) is 10.7. The molecule has 3 amide bonds. The van der Waals surface area contributed by atoms with E-state index in [-0.39, 0.29) is 17.7 Å². The highest BCUT2D eigenvalue weighted by Crippen LogP contribution is 2.29. The van der Waals surface area contributed by atoms with E-state index in [0.717, 1.165) is 25.7 Å². The Morgan fingerprint density at radius 2 is 1.85 bits per heavy atom. The van der Waals surface area contributed by atoms with E-state index in [1.807, 2.05) is 0 Å². The number of furan rings is 1. The lowest BCUT2D eigenvalue weighted by Gasteiger charge is -2.32. The predicted molar refractivity (Wildman–Crippen MR) is 122 cm³/mol. The number of halogens is 1. The Bertz CT molecular complexity index is 1110. The van der Waals surface area contributed by atoms with Crippen LogP contribution in [0.3, 0.4) is 0 Å². The fourth-order valence-electron chi connectivity index (χ4n) is 4.08. The molecule has 2 aromatic heterocycles. The molecule has 4 rings (SSSR count). The summed E-state index contributed by atoms with van der Waals surface area (Å²) in [4.78, 5) is 44.6. The van der Waals surface area contributed by atoms with Gasteiger partial charge in [-0.15, -0.1) is 0 Å². The van der Waals surface area contributed by atoms with Crippen molar-refractivity contribution < 1.29 is 23.2 Å². The molecule has 34 heavy (non-hydrogen) atoms. The first kappa shape index (κ1) is 23.2. The first-order chi connectivity index (χ1) is 16.5. The molecule has 9 heteroatoms. The van der Waals surface area contributed by atoms with Crippen LogP contribution in [-0.4, -0.2) is 35.3 Å². The molecule has 1 atom stereocenters. The summed E-state index contributed by atoms with van der Waals surface area (Å²) in [5.41, 5.74) is 0.808. The summed E-state index contributed by atoms with van der Waals surface area (Å²) in [6, 6.07) is 10.7. The molecule has 1 aliphatic carbocycles. The average molecular weight is 464 g/mol. The minimum absolute atomic E-state index is 0.0236. The van der Waals surface area contributed by atoms with Crippen LogP contribution < -0.4 is 15.5 Å². The van der Waals surface area contributed by atoms with Crippen LogP contribution in [0.4, 0.5) is 10.1 Å². The Kier molecular flexibility index (Phi) is 7.31. The zero-order valence-corrected chi connectivity index (χ0v) is 18.4. The van der Waals surface area contributed by atoms with Gasteiger partial charge >= 0.3 is 0 Å². The molecule has 8 nitrogen and oxygen atoms in total. The van der Waals surface area contributed by atoms with Crippen molar-refractivity contribution >= 4 is 23.4 Å². The first-order valence-electron chi connectivity index (χ1n) is 11.1. The smallest absolute Gasteiger partial charge is 0.287 e. The van der Waals surface area contributed by atoms with E-state index in [0.29, 0.717) is 11.3 Å². The lowest BCUT2D eigenvalue weighted by atomic mass is 10.0. The van der Waals surface area contributed by atoms with Gasteiger partial charge in [0.15, 0.2) is 5.76 Å². The maximum Gasteiger partial charge on any atom is 0.287 e. The van der Waals surface area contributed by atoms with Crippen molar-refractivity contribution in [3.8, 4) is 0 Å². The molecular formula is C25H25FN4O4. The Morgan fingerprint density at radius 3 is 2.50 bits per heavy atom.